The molecule has 0 radical (unpaired) electrons. The van der Waals surface area contributed by atoms with Gasteiger partial charge in [-0.15, -0.1) is 0 Å². The van der Waals surface area contributed by atoms with Crippen molar-refractivity contribution in [1.29, 1.82) is 0 Å². The van der Waals surface area contributed by atoms with Gasteiger partial charge in [-0.1, -0.05) is 17.7 Å². The summed E-state index contributed by atoms with van der Waals surface area (Å²) in [6.07, 6.45) is 0.673. The van der Waals surface area contributed by atoms with E-state index >= 15 is 0 Å². The fourth-order valence-corrected chi connectivity index (χ4v) is 4.23. The molecule has 1 aliphatic rings. The largest absolute Gasteiger partial charge is 0.268 e. The van der Waals surface area contributed by atoms with E-state index in [0.717, 1.165) is 11.1 Å². The minimum absolute atomic E-state index is 0.219. The summed E-state index contributed by atoms with van der Waals surface area (Å²) in [5, 5.41) is 0.517. The van der Waals surface area contributed by atoms with E-state index in [9.17, 15) is 8.42 Å². The van der Waals surface area contributed by atoms with Gasteiger partial charge in [-0.05, 0) is 37.5 Å². The molecule has 0 bridgehead atoms. The zero-order chi connectivity index (χ0) is 11.9. The van der Waals surface area contributed by atoms with E-state index in [2.05, 4.69) is 0 Å². The summed E-state index contributed by atoms with van der Waals surface area (Å²) in [5.74, 6) is 0.219. The van der Waals surface area contributed by atoms with Crippen LogP contribution >= 0.6 is 11.6 Å². The molecular formula is C11H14ClNO2S. The minimum atomic E-state index is -3.15. The normalized spacial score (nSPS) is 19.1. The van der Waals surface area contributed by atoms with E-state index in [4.69, 9.17) is 11.6 Å². The second-order valence-electron chi connectivity index (χ2n) is 4.15. The van der Waals surface area contributed by atoms with Gasteiger partial charge in [-0.3, -0.25) is 4.31 Å². The number of hydrogen-bond acceptors (Lipinski definition) is 2. The third-order valence-electron chi connectivity index (χ3n) is 2.75. The molecule has 0 atom stereocenters. The molecule has 88 valence electrons. The van der Waals surface area contributed by atoms with Crippen molar-refractivity contribution in [2.24, 2.45) is 0 Å². The first kappa shape index (κ1) is 11.7. The van der Waals surface area contributed by atoms with Crippen molar-refractivity contribution < 1.29 is 8.42 Å². The number of anilines is 1. The average Bonchev–Trinajstić information content (AvgIpc) is 2.44. The van der Waals surface area contributed by atoms with Crippen LogP contribution in [0.4, 0.5) is 5.69 Å². The SMILES string of the molecule is Cc1cc(C)c(N2CCCS2(=O)=O)c(Cl)c1. The van der Waals surface area contributed by atoms with Crippen molar-refractivity contribution in [2.45, 2.75) is 20.3 Å². The first-order valence-corrected chi connectivity index (χ1v) is 7.18. The van der Waals surface area contributed by atoms with Gasteiger partial charge in [0.15, 0.2) is 0 Å². The summed E-state index contributed by atoms with van der Waals surface area (Å²) in [6.45, 7) is 4.37. The Hall–Kier alpha value is -0.740. The lowest BCUT2D eigenvalue weighted by molar-refractivity contribution is 0.599. The van der Waals surface area contributed by atoms with Crippen LogP contribution in [0.2, 0.25) is 5.02 Å². The van der Waals surface area contributed by atoms with E-state index < -0.39 is 10.0 Å². The van der Waals surface area contributed by atoms with Gasteiger partial charge >= 0.3 is 0 Å². The Morgan fingerprint density at radius 2 is 2.00 bits per heavy atom. The summed E-state index contributed by atoms with van der Waals surface area (Å²) in [5.41, 5.74) is 2.60. The molecule has 0 N–H and O–H groups in total. The Labute approximate surface area is 101 Å². The Morgan fingerprint density at radius 3 is 2.50 bits per heavy atom. The average molecular weight is 260 g/mol. The third kappa shape index (κ3) is 1.92. The lowest BCUT2D eigenvalue weighted by atomic mass is 10.1. The van der Waals surface area contributed by atoms with Crippen molar-refractivity contribution in [3.63, 3.8) is 0 Å². The second kappa shape index (κ2) is 3.93. The Balaban J connectivity index is 2.57. The smallest absolute Gasteiger partial charge is 0.235 e. The van der Waals surface area contributed by atoms with Crippen LogP contribution in [0.15, 0.2) is 12.1 Å². The van der Waals surface area contributed by atoms with Crippen LogP contribution < -0.4 is 4.31 Å². The molecule has 1 aromatic carbocycles. The molecule has 1 aliphatic heterocycles. The highest BCUT2D eigenvalue weighted by molar-refractivity contribution is 7.93. The lowest BCUT2D eigenvalue weighted by Crippen LogP contribution is -2.26. The second-order valence-corrected chi connectivity index (χ2v) is 6.57. The number of nitrogens with zero attached hydrogens (tertiary/aromatic N) is 1. The fourth-order valence-electron chi connectivity index (χ4n) is 2.11. The molecular weight excluding hydrogens is 246 g/mol. The predicted molar refractivity (Wildman–Crippen MR) is 66.7 cm³/mol. The van der Waals surface area contributed by atoms with Crippen LogP contribution in [-0.4, -0.2) is 20.7 Å². The van der Waals surface area contributed by atoms with Crippen LogP contribution in [0.25, 0.3) is 0 Å². The van der Waals surface area contributed by atoms with Crippen molar-refractivity contribution in [2.75, 3.05) is 16.6 Å². The first-order chi connectivity index (χ1) is 7.42. The molecule has 0 spiro atoms. The van der Waals surface area contributed by atoms with Gasteiger partial charge in [0.1, 0.15) is 0 Å². The van der Waals surface area contributed by atoms with Crippen molar-refractivity contribution in [3.05, 3.63) is 28.3 Å². The first-order valence-electron chi connectivity index (χ1n) is 5.19. The molecule has 3 nitrogen and oxygen atoms in total. The number of aryl methyl sites for hydroxylation is 2. The van der Waals surface area contributed by atoms with Crippen molar-refractivity contribution >= 4 is 27.3 Å². The number of hydrogen-bond donors (Lipinski definition) is 0. The zero-order valence-corrected chi connectivity index (χ0v) is 10.9. The Kier molecular flexibility index (Phi) is 2.88. The molecule has 1 saturated heterocycles. The third-order valence-corrected chi connectivity index (χ3v) is 4.88. The highest BCUT2D eigenvalue weighted by Gasteiger charge is 2.30. The molecule has 0 aliphatic carbocycles. The fraction of sp³-hybridized carbons (Fsp3) is 0.455. The van der Waals surface area contributed by atoms with Crippen LogP contribution in [0.3, 0.4) is 0 Å². The van der Waals surface area contributed by atoms with E-state index in [-0.39, 0.29) is 5.75 Å². The number of halogens is 1. The highest BCUT2D eigenvalue weighted by atomic mass is 35.5. The summed E-state index contributed by atoms with van der Waals surface area (Å²) < 4.78 is 25.1. The molecule has 2 rings (SSSR count). The van der Waals surface area contributed by atoms with Gasteiger partial charge in [-0.25, -0.2) is 8.42 Å². The monoisotopic (exact) mass is 259 g/mol. The molecule has 0 amide bonds. The van der Waals surface area contributed by atoms with Gasteiger partial charge < -0.3 is 0 Å². The van der Waals surface area contributed by atoms with Gasteiger partial charge in [0.25, 0.3) is 0 Å². The maximum atomic E-state index is 11.8. The van der Waals surface area contributed by atoms with Gasteiger partial charge in [0.2, 0.25) is 10.0 Å². The summed E-state index contributed by atoms with van der Waals surface area (Å²) in [4.78, 5) is 0. The predicted octanol–water partition coefficient (Wildman–Crippen LogP) is 2.50. The summed E-state index contributed by atoms with van der Waals surface area (Å²) in [7, 11) is -3.15. The van der Waals surface area contributed by atoms with Crippen LogP contribution in [0.1, 0.15) is 17.5 Å². The van der Waals surface area contributed by atoms with Crippen LogP contribution in [0, 0.1) is 13.8 Å². The number of benzene rings is 1. The maximum Gasteiger partial charge on any atom is 0.235 e. The van der Waals surface area contributed by atoms with Gasteiger partial charge in [0, 0.05) is 6.54 Å². The molecule has 0 saturated carbocycles. The number of sulfonamides is 1. The molecule has 1 fully saturated rings. The van der Waals surface area contributed by atoms with Crippen molar-refractivity contribution in [1.82, 2.24) is 0 Å². The highest BCUT2D eigenvalue weighted by Crippen LogP contribution is 2.34. The molecule has 0 unspecified atom stereocenters. The number of rotatable bonds is 1. The van der Waals surface area contributed by atoms with Crippen LogP contribution in [-0.2, 0) is 10.0 Å². The topological polar surface area (TPSA) is 37.4 Å². The maximum absolute atomic E-state index is 11.8. The molecule has 1 aromatic rings. The Bertz CT molecular complexity index is 502. The minimum Gasteiger partial charge on any atom is -0.268 e. The van der Waals surface area contributed by atoms with E-state index in [1.807, 2.05) is 19.9 Å². The quantitative estimate of drug-likeness (QED) is 0.777. The Morgan fingerprint density at radius 1 is 1.31 bits per heavy atom. The van der Waals surface area contributed by atoms with Crippen LogP contribution in [0.5, 0.6) is 0 Å². The van der Waals surface area contributed by atoms with E-state index in [1.165, 1.54) is 4.31 Å². The molecule has 0 aromatic heterocycles. The molecule has 16 heavy (non-hydrogen) atoms. The van der Waals surface area contributed by atoms with Crippen molar-refractivity contribution in [3.8, 4) is 0 Å². The zero-order valence-electron chi connectivity index (χ0n) is 9.33. The van der Waals surface area contributed by atoms with E-state index in [1.54, 1.807) is 6.07 Å². The summed E-state index contributed by atoms with van der Waals surface area (Å²) >= 11 is 6.14. The lowest BCUT2D eigenvalue weighted by Gasteiger charge is -2.21. The van der Waals surface area contributed by atoms with E-state index in [0.29, 0.717) is 23.7 Å². The van der Waals surface area contributed by atoms with Gasteiger partial charge in [-0.2, -0.15) is 0 Å². The molecule has 1 heterocycles. The molecule has 5 heteroatoms. The summed E-state index contributed by atoms with van der Waals surface area (Å²) in [6, 6.07) is 3.76. The van der Waals surface area contributed by atoms with Gasteiger partial charge in [0.05, 0.1) is 16.5 Å². The standard InChI is InChI=1S/C11H14ClNO2S/c1-8-6-9(2)11(10(12)7-8)13-4-3-5-16(13,14)15/h6-7H,3-5H2,1-2H3.